The van der Waals surface area contributed by atoms with E-state index in [0.717, 1.165) is 18.6 Å². The van der Waals surface area contributed by atoms with Crippen molar-refractivity contribution in [3.63, 3.8) is 0 Å². The Morgan fingerprint density at radius 1 is 1.45 bits per heavy atom. The summed E-state index contributed by atoms with van der Waals surface area (Å²) in [6.07, 6.45) is 4.28. The zero-order chi connectivity index (χ0) is 15.0. The molecule has 0 aromatic heterocycles. The van der Waals surface area contributed by atoms with Crippen molar-refractivity contribution in [2.75, 3.05) is 31.7 Å². The number of nitrogens with two attached hydrogens (primary N) is 1. The Labute approximate surface area is 124 Å². The first-order valence-electron chi connectivity index (χ1n) is 6.91. The number of thioether (sulfide) groups is 1. The monoisotopic (exact) mass is 304 g/mol. The van der Waals surface area contributed by atoms with E-state index in [-0.39, 0.29) is 25.0 Å². The summed E-state index contributed by atoms with van der Waals surface area (Å²) in [7, 11) is 0. The van der Waals surface area contributed by atoms with Crippen molar-refractivity contribution >= 4 is 23.6 Å². The Balaban J connectivity index is 2.23. The molecule has 1 heterocycles. The van der Waals surface area contributed by atoms with Crippen molar-refractivity contribution in [2.24, 2.45) is 5.73 Å². The van der Waals surface area contributed by atoms with Gasteiger partial charge in [0.2, 0.25) is 5.91 Å². The first-order chi connectivity index (χ1) is 9.54. The summed E-state index contributed by atoms with van der Waals surface area (Å²) >= 11 is 1.69. The highest BCUT2D eigenvalue weighted by atomic mass is 32.2. The van der Waals surface area contributed by atoms with Crippen LogP contribution in [-0.4, -0.2) is 65.7 Å². The molecule has 1 aliphatic rings. The Bertz CT molecular complexity index is 319. The molecule has 7 heteroatoms. The van der Waals surface area contributed by atoms with E-state index in [2.05, 4.69) is 0 Å². The zero-order valence-corrected chi connectivity index (χ0v) is 12.7. The van der Waals surface area contributed by atoms with E-state index >= 15 is 0 Å². The minimum Gasteiger partial charge on any atom is -0.481 e. The van der Waals surface area contributed by atoms with Crippen LogP contribution in [0.4, 0.5) is 0 Å². The van der Waals surface area contributed by atoms with Crippen molar-refractivity contribution in [3.8, 4) is 0 Å². The molecule has 0 spiro atoms. The summed E-state index contributed by atoms with van der Waals surface area (Å²) in [5, 5.41) is 8.54. The fourth-order valence-corrected chi connectivity index (χ4v) is 2.65. The molecule has 0 radical (unpaired) electrons. The number of rotatable bonds is 8. The maximum absolute atomic E-state index is 12.1. The first kappa shape index (κ1) is 17.3. The number of carbonyl (C=O) groups is 2. The van der Waals surface area contributed by atoms with E-state index in [0.29, 0.717) is 19.5 Å². The van der Waals surface area contributed by atoms with Crippen LogP contribution in [0.15, 0.2) is 0 Å². The largest absolute Gasteiger partial charge is 0.481 e. The van der Waals surface area contributed by atoms with E-state index in [1.54, 1.807) is 16.7 Å². The third kappa shape index (κ3) is 6.11. The molecule has 116 valence electrons. The summed E-state index contributed by atoms with van der Waals surface area (Å²) in [5.41, 5.74) is 5.88. The first-order valence-corrected chi connectivity index (χ1v) is 8.30. The summed E-state index contributed by atoms with van der Waals surface area (Å²) < 4.78 is 5.49. The Morgan fingerprint density at radius 2 is 2.10 bits per heavy atom. The number of ether oxygens (including phenoxy) is 1. The molecule has 1 saturated heterocycles. The maximum atomic E-state index is 12.1. The van der Waals surface area contributed by atoms with Gasteiger partial charge in [0.15, 0.2) is 0 Å². The van der Waals surface area contributed by atoms with E-state index in [9.17, 15) is 9.59 Å². The smallest absolute Gasteiger partial charge is 0.305 e. The summed E-state index contributed by atoms with van der Waals surface area (Å²) in [6, 6.07) is -0.410. The maximum Gasteiger partial charge on any atom is 0.305 e. The van der Waals surface area contributed by atoms with Crippen LogP contribution in [0.25, 0.3) is 0 Å². The van der Waals surface area contributed by atoms with Gasteiger partial charge >= 0.3 is 5.97 Å². The number of hydrogen-bond acceptors (Lipinski definition) is 5. The lowest BCUT2D eigenvalue weighted by Gasteiger charge is -2.33. The van der Waals surface area contributed by atoms with Gasteiger partial charge in [-0.15, -0.1) is 0 Å². The third-order valence-electron chi connectivity index (χ3n) is 3.37. The van der Waals surface area contributed by atoms with Gasteiger partial charge in [0, 0.05) is 13.1 Å². The van der Waals surface area contributed by atoms with Crippen molar-refractivity contribution < 1.29 is 19.4 Å². The van der Waals surface area contributed by atoms with Gasteiger partial charge in [0.25, 0.3) is 0 Å². The van der Waals surface area contributed by atoms with Crippen LogP contribution in [0, 0.1) is 0 Å². The van der Waals surface area contributed by atoms with Gasteiger partial charge in [-0.1, -0.05) is 0 Å². The Hall–Kier alpha value is -0.790. The second kappa shape index (κ2) is 9.20. The molecule has 1 fully saturated rings. The molecule has 1 atom stereocenters. The van der Waals surface area contributed by atoms with Crippen molar-refractivity contribution in [3.05, 3.63) is 0 Å². The molecule has 1 amide bonds. The molecule has 0 aromatic carbocycles. The fraction of sp³-hybridized carbons (Fsp3) is 0.846. The average Bonchev–Trinajstić information content (AvgIpc) is 2.44. The van der Waals surface area contributed by atoms with Gasteiger partial charge in [0.1, 0.15) is 0 Å². The van der Waals surface area contributed by atoms with E-state index in [4.69, 9.17) is 15.6 Å². The normalized spacial score (nSPS) is 18.0. The molecule has 1 aliphatic heterocycles. The highest BCUT2D eigenvalue weighted by Gasteiger charge is 2.26. The lowest BCUT2D eigenvalue weighted by atomic mass is 10.1. The van der Waals surface area contributed by atoms with Crippen LogP contribution < -0.4 is 5.73 Å². The average molecular weight is 304 g/mol. The van der Waals surface area contributed by atoms with Gasteiger partial charge in [-0.2, -0.15) is 11.8 Å². The second-order valence-electron chi connectivity index (χ2n) is 4.93. The molecule has 0 unspecified atom stereocenters. The number of hydrogen-bond donors (Lipinski definition) is 2. The predicted molar refractivity (Wildman–Crippen MR) is 78.8 cm³/mol. The summed E-state index contributed by atoms with van der Waals surface area (Å²) in [5.74, 6) is 0.0576. The van der Waals surface area contributed by atoms with Crippen molar-refractivity contribution in [1.82, 2.24) is 4.90 Å². The van der Waals surface area contributed by atoms with Gasteiger partial charge < -0.3 is 20.5 Å². The SMILES string of the molecule is CSCC[C@@H](N)C(=O)N1CCC(OCCC(=O)O)CC1. The van der Waals surface area contributed by atoms with Gasteiger partial charge in [-0.3, -0.25) is 9.59 Å². The van der Waals surface area contributed by atoms with E-state index in [1.165, 1.54) is 0 Å². The van der Waals surface area contributed by atoms with Crippen LogP contribution >= 0.6 is 11.8 Å². The number of piperidine rings is 1. The van der Waals surface area contributed by atoms with Gasteiger partial charge in [0.05, 0.1) is 25.2 Å². The van der Waals surface area contributed by atoms with E-state index < -0.39 is 12.0 Å². The Kier molecular flexibility index (Phi) is 7.94. The van der Waals surface area contributed by atoms with Crippen LogP contribution in [0.3, 0.4) is 0 Å². The molecule has 20 heavy (non-hydrogen) atoms. The molecule has 0 saturated carbocycles. The fourth-order valence-electron chi connectivity index (χ4n) is 2.16. The molecule has 1 rings (SSSR count). The lowest BCUT2D eigenvalue weighted by Crippen LogP contribution is -2.48. The van der Waals surface area contributed by atoms with Gasteiger partial charge in [-0.25, -0.2) is 0 Å². The Morgan fingerprint density at radius 3 is 2.65 bits per heavy atom. The molecule has 0 aromatic rings. The molecular weight excluding hydrogens is 280 g/mol. The summed E-state index contributed by atoms with van der Waals surface area (Å²) in [4.78, 5) is 24.3. The lowest BCUT2D eigenvalue weighted by molar-refractivity contribution is -0.139. The molecular formula is C13H24N2O4S. The van der Waals surface area contributed by atoms with Crippen molar-refractivity contribution in [1.29, 1.82) is 0 Å². The molecule has 3 N–H and O–H groups in total. The number of nitrogens with zero attached hydrogens (tertiary/aromatic N) is 1. The minimum atomic E-state index is -0.850. The van der Waals surface area contributed by atoms with Gasteiger partial charge in [-0.05, 0) is 31.3 Å². The topological polar surface area (TPSA) is 92.9 Å². The van der Waals surface area contributed by atoms with Crippen LogP contribution in [0.5, 0.6) is 0 Å². The number of likely N-dealkylation sites (tertiary alicyclic amines) is 1. The highest BCUT2D eigenvalue weighted by Crippen LogP contribution is 2.15. The molecule has 0 aliphatic carbocycles. The number of carbonyl (C=O) groups excluding carboxylic acids is 1. The zero-order valence-electron chi connectivity index (χ0n) is 11.9. The molecule has 6 nitrogen and oxygen atoms in total. The van der Waals surface area contributed by atoms with Crippen LogP contribution in [0.2, 0.25) is 0 Å². The quantitative estimate of drug-likeness (QED) is 0.680. The summed E-state index contributed by atoms with van der Waals surface area (Å²) in [6.45, 7) is 1.52. The number of carboxylic acid groups (broad SMARTS) is 1. The van der Waals surface area contributed by atoms with Crippen LogP contribution in [-0.2, 0) is 14.3 Å². The number of aliphatic carboxylic acids is 1. The number of amides is 1. The second-order valence-corrected chi connectivity index (χ2v) is 5.91. The molecule has 0 bridgehead atoms. The minimum absolute atomic E-state index is 0.0167. The van der Waals surface area contributed by atoms with Crippen LogP contribution in [0.1, 0.15) is 25.7 Å². The third-order valence-corrected chi connectivity index (χ3v) is 4.02. The predicted octanol–water partition coefficient (Wildman–Crippen LogP) is 0.549. The van der Waals surface area contributed by atoms with E-state index in [1.807, 2.05) is 6.26 Å². The number of carboxylic acids is 1. The highest BCUT2D eigenvalue weighted by molar-refractivity contribution is 7.98. The standard InChI is InChI=1S/C13H24N2O4S/c1-20-9-5-11(14)13(18)15-6-2-10(3-7-15)19-8-4-12(16)17/h10-11H,2-9,14H2,1H3,(H,16,17)/t11-/m1/s1. The van der Waals surface area contributed by atoms with Crippen molar-refractivity contribution in [2.45, 2.75) is 37.8 Å².